The highest BCUT2D eigenvalue weighted by molar-refractivity contribution is 7.17. The lowest BCUT2D eigenvalue weighted by molar-refractivity contribution is 0.302. The van der Waals surface area contributed by atoms with Crippen molar-refractivity contribution in [2.45, 2.75) is 13.8 Å². The number of fused-ring (bicyclic) bond motifs is 1. The van der Waals surface area contributed by atoms with Gasteiger partial charge in [0.05, 0.1) is 18.6 Å². The number of aliphatic hydroxyl groups is 1. The molecule has 3 rings (SSSR count). The van der Waals surface area contributed by atoms with Crippen molar-refractivity contribution in [3.8, 4) is 16.9 Å². The molecule has 0 bridgehead atoms. The van der Waals surface area contributed by atoms with Crippen LogP contribution in [0.5, 0.6) is 5.75 Å². The summed E-state index contributed by atoms with van der Waals surface area (Å²) >= 11 is 1.61. The Bertz CT molecular complexity index is 802. The molecule has 0 spiro atoms. The summed E-state index contributed by atoms with van der Waals surface area (Å²) in [7, 11) is 0. The van der Waals surface area contributed by atoms with Crippen molar-refractivity contribution in [3.05, 3.63) is 36.0 Å². The Balaban J connectivity index is 2.08. The molecule has 0 radical (unpaired) electrons. The van der Waals surface area contributed by atoms with Crippen molar-refractivity contribution in [1.82, 2.24) is 9.97 Å². The summed E-state index contributed by atoms with van der Waals surface area (Å²) in [4.78, 5) is 11.9. The molecule has 5 nitrogen and oxygen atoms in total. The Kier molecular flexibility index (Phi) is 5.27. The lowest BCUT2D eigenvalue weighted by Gasteiger charge is -2.21. The van der Waals surface area contributed by atoms with Crippen molar-refractivity contribution in [3.63, 3.8) is 0 Å². The zero-order valence-corrected chi connectivity index (χ0v) is 14.7. The van der Waals surface area contributed by atoms with Crippen molar-refractivity contribution in [2.75, 3.05) is 31.2 Å². The van der Waals surface area contributed by atoms with Crippen molar-refractivity contribution < 1.29 is 9.84 Å². The van der Waals surface area contributed by atoms with Crippen LogP contribution in [-0.2, 0) is 0 Å². The third-order valence-electron chi connectivity index (χ3n) is 3.88. The number of rotatable bonds is 7. The van der Waals surface area contributed by atoms with Gasteiger partial charge < -0.3 is 14.7 Å². The van der Waals surface area contributed by atoms with E-state index < -0.39 is 0 Å². The normalized spacial score (nSPS) is 11.0. The topological polar surface area (TPSA) is 58.5 Å². The molecule has 3 aromatic rings. The average molecular weight is 343 g/mol. The first-order valence-corrected chi connectivity index (χ1v) is 8.97. The van der Waals surface area contributed by atoms with Gasteiger partial charge in [0.25, 0.3) is 0 Å². The predicted octanol–water partition coefficient (Wildman–Crippen LogP) is 3.58. The monoisotopic (exact) mass is 343 g/mol. The minimum absolute atomic E-state index is 0.0991. The standard InChI is InChI=1S/C18H21N3O2S/c1-3-21(9-10-22)17-16-15(11-24-18(16)20-12-19-17)13-5-7-14(8-6-13)23-4-2/h5-8,11-12,22H,3-4,9-10H2,1-2H3. The van der Waals surface area contributed by atoms with Crippen LogP contribution >= 0.6 is 11.3 Å². The number of aliphatic hydroxyl groups excluding tert-OH is 1. The molecule has 2 heterocycles. The van der Waals surface area contributed by atoms with Crippen LogP contribution in [0, 0.1) is 0 Å². The van der Waals surface area contributed by atoms with Gasteiger partial charge in [-0.15, -0.1) is 11.3 Å². The average Bonchev–Trinajstić information content (AvgIpc) is 3.05. The van der Waals surface area contributed by atoms with Crippen LogP contribution in [0.4, 0.5) is 5.82 Å². The molecule has 0 atom stereocenters. The van der Waals surface area contributed by atoms with E-state index in [0.29, 0.717) is 13.2 Å². The van der Waals surface area contributed by atoms with E-state index in [9.17, 15) is 5.11 Å². The Hall–Kier alpha value is -2.18. The number of ether oxygens (including phenoxy) is 1. The van der Waals surface area contributed by atoms with E-state index in [1.165, 1.54) is 0 Å². The third kappa shape index (κ3) is 3.20. The minimum Gasteiger partial charge on any atom is -0.494 e. The van der Waals surface area contributed by atoms with Gasteiger partial charge in [-0.3, -0.25) is 0 Å². The zero-order valence-electron chi connectivity index (χ0n) is 13.9. The first-order chi connectivity index (χ1) is 11.8. The second-order valence-electron chi connectivity index (χ2n) is 5.29. The quantitative estimate of drug-likeness (QED) is 0.710. The Morgan fingerprint density at radius 3 is 2.62 bits per heavy atom. The molecule has 2 aromatic heterocycles. The highest BCUT2D eigenvalue weighted by Gasteiger charge is 2.16. The fourth-order valence-electron chi connectivity index (χ4n) is 2.74. The Labute approximate surface area is 145 Å². The fourth-order valence-corrected chi connectivity index (χ4v) is 3.65. The number of nitrogens with zero attached hydrogens (tertiary/aromatic N) is 3. The van der Waals surface area contributed by atoms with E-state index in [1.54, 1.807) is 17.7 Å². The molecule has 24 heavy (non-hydrogen) atoms. The van der Waals surface area contributed by atoms with Gasteiger partial charge in [0.1, 0.15) is 22.7 Å². The van der Waals surface area contributed by atoms with Crippen LogP contribution in [0.2, 0.25) is 0 Å². The lowest BCUT2D eigenvalue weighted by atomic mass is 10.1. The van der Waals surface area contributed by atoms with Crippen LogP contribution in [0.1, 0.15) is 13.8 Å². The van der Waals surface area contributed by atoms with E-state index >= 15 is 0 Å². The maximum atomic E-state index is 9.32. The highest BCUT2D eigenvalue weighted by Crippen LogP contribution is 2.38. The van der Waals surface area contributed by atoms with Gasteiger partial charge in [0.2, 0.25) is 0 Å². The van der Waals surface area contributed by atoms with Crippen LogP contribution in [0.25, 0.3) is 21.3 Å². The van der Waals surface area contributed by atoms with E-state index in [2.05, 4.69) is 39.3 Å². The van der Waals surface area contributed by atoms with Gasteiger partial charge in [-0.1, -0.05) is 12.1 Å². The summed E-state index contributed by atoms with van der Waals surface area (Å²) < 4.78 is 5.52. The summed E-state index contributed by atoms with van der Waals surface area (Å²) in [5.41, 5.74) is 2.23. The van der Waals surface area contributed by atoms with Gasteiger partial charge in [0.15, 0.2) is 0 Å². The Morgan fingerprint density at radius 1 is 1.17 bits per heavy atom. The number of thiophene rings is 1. The molecule has 0 amide bonds. The molecule has 0 aliphatic heterocycles. The maximum Gasteiger partial charge on any atom is 0.141 e. The van der Waals surface area contributed by atoms with Crippen LogP contribution in [0.3, 0.4) is 0 Å². The first kappa shape index (κ1) is 16.7. The van der Waals surface area contributed by atoms with Gasteiger partial charge in [-0.25, -0.2) is 9.97 Å². The molecule has 1 N–H and O–H groups in total. The molecular weight excluding hydrogens is 322 g/mol. The highest BCUT2D eigenvalue weighted by atomic mass is 32.1. The number of likely N-dealkylation sites (N-methyl/N-ethyl adjacent to an activating group) is 1. The number of aromatic nitrogens is 2. The van der Waals surface area contributed by atoms with E-state index in [1.807, 2.05) is 19.1 Å². The molecule has 0 aliphatic carbocycles. The number of hydrogen-bond acceptors (Lipinski definition) is 6. The summed E-state index contributed by atoms with van der Waals surface area (Å²) in [6.07, 6.45) is 1.59. The van der Waals surface area contributed by atoms with Crippen molar-refractivity contribution in [2.24, 2.45) is 0 Å². The maximum absolute atomic E-state index is 9.32. The summed E-state index contributed by atoms with van der Waals surface area (Å²) in [6, 6.07) is 8.09. The van der Waals surface area contributed by atoms with Gasteiger partial charge >= 0.3 is 0 Å². The van der Waals surface area contributed by atoms with Gasteiger partial charge in [-0.2, -0.15) is 0 Å². The van der Waals surface area contributed by atoms with E-state index in [-0.39, 0.29) is 6.61 Å². The zero-order chi connectivity index (χ0) is 16.9. The minimum atomic E-state index is 0.0991. The third-order valence-corrected chi connectivity index (χ3v) is 4.76. The van der Waals surface area contributed by atoms with E-state index in [0.717, 1.165) is 39.5 Å². The molecule has 0 saturated carbocycles. The van der Waals surface area contributed by atoms with E-state index in [4.69, 9.17) is 4.74 Å². The molecule has 0 unspecified atom stereocenters. The van der Waals surface area contributed by atoms with Crippen molar-refractivity contribution in [1.29, 1.82) is 0 Å². The molecular formula is C18H21N3O2S. The fraction of sp³-hybridized carbons (Fsp3) is 0.333. The largest absolute Gasteiger partial charge is 0.494 e. The number of anilines is 1. The van der Waals surface area contributed by atoms with Gasteiger partial charge in [0, 0.05) is 24.0 Å². The Morgan fingerprint density at radius 2 is 1.96 bits per heavy atom. The van der Waals surface area contributed by atoms with Crippen LogP contribution in [0.15, 0.2) is 36.0 Å². The molecule has 0 aliphatic rings. The molecule has 1 aromatic carbocycles. The molecule has 126 valence electrons. The van der Waals surface area contributed by atoms with Crippen LogP contribution in [-0.4, -0.2) is 41.4 Å². The van der Waals surface area contributed by atoms with Gasteiger partial charge in [-0.05, 0) is 31.5 Å². The molecule has 6 heteroatoms. The smallest absolute Gasteiger partial charge is 0.141 e. The predicted molar refractivity (Wildman–Crippen MR) is 99.0 cm³/mol. The lowest BCUT2D eigenvalue weighted by Crippen LogP contribution is -2.27. The summed E-state index contributed by atoms with van der Waals surface area (Å²) in [5, 5.41) is 12.5. The summed E-state index contributed by atoms with van der Waals surface area (Å²) in [6.45, 7) is 6.14. The van der Waals surface area contributed by atoms with Crippen molar-refractivity contribution >= 4 is 27.4 Å². The molecule has 0 saturated heterocycles. The SMILES string of the molecule is CCOc1ccc(-c2csc3ncnc(N(CC)CCO)c23)cc1. The number of hydrogen-bond donors (Lipinski definition) is 1. The second kappa shape index (κ2) is 7.59. The second-order valence-corrected chi connectivity index (χ2v) is 6.15. The molecule has 0 fully saturated rings. The number of benzene rings is 1. The summed E-state index contributed by atoms with van der Waals surface area (Å²) in [5.74, 6) is 1.74. The van der Waals surface area contributed by atoms with Crippen LogP contribution < -0.4 is 9.64 Å². The first-order valence-electron chi connectivity index (χ1n) is 8.09.